The van der Waals surface area contributed by atoms with Crippen LogP contribution < -0.4 is 15.0 Å². The molecule has 0 bridgehead atoms. The van der Waals surface area contributed by atoms with Gasteiger partial charge in [0.25, 0.3) is 5.91 Å². The average molecular weight is 410 g/mol. The predicted molar refractivity (Wildman–Crippen MR) is 125 cm³/mol. The number of ether oxygens (including phenoxy) is 1. The molecular weight excluding hydrogens is 374 g/mol. The molecule has 2 aromatic rings. The van der Waals surface area contributed by atoms with Crippen molar-refractivity contribution in [1.82, 2.24) is 4.90 Å². The standard InChI is InChI=1S/C25H35N3O2/c1-6-27-11-13-28(14-12-27)22-9-10-23(20(5)15-22)26-25(29)17-30-24-16-21(18(2)3)8-7-19(24)4/h7-10,15-16,18H,6,11-14,17H2,1-5H3,(H,26,29). The van der Waals surface area contributed by atoms with E-state index in [9.17, 15) is 4.79 Å². The Kier molecular flexibility index (Phi) is 7.38. The van der Waals surface area contributed by atoms with Crippen molar-refractivity contribution in [1.29, 1.82) is 0 Å². The number of carbonyl (C=O) groups is 1. The SMILES string of the molecule is CCN1CCN(c2ccc(NC(=O)COc3cc(C(C)C)ccc3C)c(C)c2)CC1. The fourth-order valence-electron chi connectivity index (χ4n) is 3.77. The maximum Gasteiger partial charge on any atom is 0.262 e. The molecule has 0 atom stereocenters. The van der Waals surface area contributed by atoms with Crippen LogP contribution in [0.5, 0.6) is 5.75 Å². The van der Waals surface area contributed by atoms with Crippen molar-refractivity contribution in [3.05, 3.63) is 53.1 Å². The molecule has 0 radical (unpaired) electrons. The minimum Gasteiger partial charge on any atom is -0.483 e. The molecule has 3 rings (SSSR count). The first-order valence-electron chi connectivity index (χ1n) is 11.0. The van der Waals surface area contributed by atoms with Crippen LogP contribution in [0.25, 0.3) is 0 Å². The highest BCUT2D eigenvalue weighted by molar-refractivity contribution is 5.92. The first-order valence-corrected chi connectivity index (χ1v) is 11.0. The quantitative estimate of drug-likeness (QED) is 0.727. The van der Waals surface area contributed by atoms with E-state index in [2.05, 4.69) is 54.1 Å². The lowest BCUT2D eigenvalue weighted by molar-refractivity contribution is -0.118. The molecule has 1 heterocycles. The third-order valence-corrected chi connectivity index (χ3v) is 5.91. The summed E-state index contributed by atoms with van der Waals surface area (Å²) in [6.07, 6.45) is 0. The molecule has 162 valence electrons. The first-order chi connectivity index (χ1) is 14.4. The van der Waals surface area contributed by atoms with Crippen LogP contribution in [0, 0.1) is 13.8 Å². The Hall–Kier alpha value is -2.53. The van der Waals surface area contributed by atoms with Crippen LogP contribution in [0.3, 0.4) is 0 Å². The molecule has 0 spiro atoms. The van der Waals surface area contributed by atoms with E-state index in [4.69, 9.17) is 4.74 Å². The highest BCUT2D eigenvalue weighted by atomic mass is 16.5. The summed E-state index contributed by atoms with van der Waals surface area (Å²) in [6.45, 7) is 16.0. The summed E-state index contributed by atoms with van der Waals surface area (Å²) in [5.74, 6) is 1.05. The van der Waals surface area contributed by atoms with E-state index >= 15 is 0 Å². The van der Waals surface area contributed by atoms with Gasteiger partial charge in [-0.3, -0.25) is 4.79 Å². The fraction of sp³-hybridized carbons (Fsp3) is 0.480. The van der Waals surface area contributed by atoms with Crippen molar-refractivity contribution in [2.75, 3.05) is 49.5 Å². The van der Waals surface area contributed by atoms with Gasteiger partial charge >= 0.3 is 0 Å². The van der Waals surface area contributed by atoms with E-state index in [1.165, 1.54) is 11.3 Å². The van der Waals surface area contributed by atoms with Gasteiger partial charge in [0.15, 0.2) is 6.61 Å². The van der Waals surface area contributed by atoms with Crippen molar-refractivity contribution < 1.29 is 9.53 Å². The lowest BCUT2D eigenvalue weighted by Gasteiger charge is -2.35. The summed E-state index contributed by atoms with van der Waals surface area (Å²) >= 11 is 0. The number of nitrogens with one attached hydrogen (secondary N) is 1. The van der Waals surface area contributed by atoms with Crippen molar-refractivity contribution in [2.24, 2.45) is 0 Å². The number of hydrogen-bond acceptors (Lipinski definition) is 4. The molecule has 5 nitrogen and oxygen atoms in total. The minimum absolute atomic E-state index is 0.00254. The van der Waals surface area contributed by atoms with E-state index in [1.807, 2.05) is 32.0 Å². The zero-order chi connectivity index (χ0) is 21.7. The third kappa shape index (κ3) is 5.54. The Morgan fingerprint density at radius 1 is 1.03 bits per heavy atom. The molecule has 1 fully saturated rings. The molecule has 1 aliphatic rings. The number of amides is 1. The first kappa shape index (κ1) is 22.2. The summed E-state index contributed by atoms with van der Waals surface area (Å²) in [5, 5.41) is 2.99. The van der Waals surface area contributed by atoms with E-state index in [0.29, 0.717) is 5.92 Å². The molecule has 1 N–H and O–H groups in total. The summed E-state index contributed by atoms with van der Waals surface area (Å²) in [5.41, 5.74) is 5.38. The van der Waals surface area contributed by atoms with Crippen molar-refractivity contribution in [2.45, 2.75) is 40.5 Å². The summed E-state index contributed by atoms with van der Waals surface area (Å²) in [6, 6.07) is 12.5. The second-order valence-corrected chi connectivity index (χ2v) is 8.44. The number of nitrogens with zero attached hydrogens (tertiary/aromatic N) is 2. The van der Waals surface area contributed by atoms with Gasteiger partial charge in [-0.1, -0.05) is 32.9 Å². The maximum absolute atomic E-state index is 12.5. The minimum atomic E-state index is -0.142. The van der Waals surface area contributed by atoms with E-state index in [0.717, 1.165) is 55.3 Å². The molecule has 5 heteroatoms. The van der Waals surface area contributed by atoms with Crippen LogP contribution in [0.2, 0.25) is 0 Å². The molecule has 0 unspecified atom stereocenters. The average Bonchev–Trinajstić information content (AvgIpc) is 2.74. The second-order valence-electron chi connectivity index (χ2n) is 8.44. The third-order valence-electron chi connectivity index (χ3n) is 5.91. The number of anilines is 2. The normalized spacial score (nSPS) is 14.8. The number of hydrogen-bond donors (Lipinski definition) is 1. The second kappa shape index (κ2) is 9.98. The molecule has 0 aromatic heterocycles. The van der Waals surface area contributed by atoms with Crippen molar-refractivity contribution in [3.63, 3.8) is 0 Å². The van der Waals surface area contributed by atoms with Crippen LogP contribution in [0.15, 0.2) is 36.4 Å². The number of piperazine rings is 1. The zero-order valence-electron chi connectivity index (χ0n) is 19.0. The highest BCUT2D eigenvalue weighted by Crippen LogP contribution is 2.25. The van der Waals surface area contributed by atoms with Crippen LogP contribution in [0.4, 0.5) is 11.4 Å². The zero-order valence-corrected chi connectivity index (χ0v) is 19.0. The van der Waals surface area contributed by atoms with Gasteiger partial charge in [0.2, 0.25) is 0 Å². The smallest absolute Gasteiger partial charge is 0.262 e. The molecule has 2 aromatic carbocycles. The largest absolute Gasteiger partial charge is 0.483 e. The predicted octanol–water partition coefficient (Wildman–Crippen LogP) is 4.59. The van der Waals surface area contributed by atoms with Gasteiger partial charge in [0.1, 0.15) is 5.75 Å². The topological polar surface area (TPSA) is 44.8 Å². The van der Waals surface area contributed by atoms with Crippen LogP contribution in [-0.2, 0) is 4.79 Å². The fourth-order valence-corrected chi connectivity index (χ4v) is 3.77. The lowest BCUT2D eigenvalue weighted by Crippen LogP contribution is -2.46. The van der Waals surface area contributed by atoms with Crippen molar-refractivity contribution in [3.8, 4) is 5.75 Å². The highest BCUT2D eigenvalue weighted by Gasteiger charge is 2.17. The molecule has 1 aliphatic heterocycles. The molecular formula is C25H35N3O2. The van der Waals surface area contributed by atoms with Gasteiger partial charge in [-0.15, -0.1) is 0 Å². The van der Waals surface area contributed by atoms with Crippen molar-refractivity contribution >= 4 is 17.3 Å². The van der Waals surface area contributed by atoms with Gasteiger partial charge in [0.05, 0.1) is 0 Å². The number of benzene rings is 2. The Morgan fingerprint density at radius 2 is 1.77 bits per heavy atom. The summed E-state index contributed by atoms with van der Waals surface area (Å²) in [4.78, 5) is 17.4. The van der Waals surface area contributed by atoms with Crippen LogP contribution in [-0.4, -0.2) is 50.1 Å². The Labute approximate surface area is 181 Å². The Bertz CT molecular complexity index is 871. The monoisotopic (exact) mass is 409 g/mol. The van der Waals surface area contributed by atoms with Gasteiger partial charge in [0, 0.05) is 37.6 Å². The van der Waals surface area contributed by atoms with Gasteiger partial charge < -0.3 is 19.9 Å². The molecule has 0 aliphatic carbocycles. The Morgan fingerprint density at radius 3 is 2.40 bits per heavy atom. The van der Waals surface area contributed by atoms with Gasteiger partial charge in [-0.2, -0.15) is 0 Å². The molecule has 30 heavy (non-hydrogen) atoms. The molecule has 1 saturated heterocycles. The van der Waals surface area contributed by atoms with E-state index in [1.54, 1.807) is 0 Å². The number of aryl methyl sites for hydroxylation is 2. The van der Waals surface area contributed by atoms with Crippen LogP contribution >= 0.6 is 0 Å². The van der Waals surface area contributed by atoms with Gasteiger partial charge in [-0.25, -0.2) is 0 Å². The number of carbonyl (C=O) groups excluding carboxylic acids is 1. The number of likely N-dealkylation sites (N-methyl/N-ethyl adjacent to an activating group) is 1. The lowest BCUT2D eigenvalue weighted by atomic mass is 10.0. The van der Waals surface area contributed by atoms with E-state index in [-0.39, 0.29) is 12.5 Å². The summed E-state index contributed by atoms with van der Waals surface area (Å²) in [7, 11) is 0. The van der Waals surface area contributed by atoms with E-state index < -0.39 is 0 Å². The maximum atomic E-state index is 12.5. The molecule has 1 amide bonds. The number of rotatable bonds is 7. The van der Waals surface area contributed by atoms with Crippen LogP contribution in [0.1, 0.15) is 43.4 Å². The molecule has 0 saturated carbocycles. The van der Waals surface area contributed by atoms with Gasteiger partial charge in [-0.05, 0) is 67.3 Å². The summed E-state index contributed by atoms with van der Waals surface area (Å²) < 4.78 is 5.82. The Balaban J connectivity index is 1.57.